The molecule has 7 aromatic heterocycles. The Morgan fingerprint density at radius 2 is 1.09 bits per heavy atom. The van der Waals surface area contributed by atoms with Gasteiger partial charge in [-0.15, -0.1) is 10.2 Å². The minimum Gasteiger partial charge on any atom is -0.406 e. The topological polar surface area (TPSA) is 331 Å². The van der Waals surface area contributed by atoms with Crippen LogP contribution in [0.2, 0.25) is 10.0 Å². The fourth-order valence-corrected chi connectivity index (χ4v) is 7.17. The first-order chi connectivity index (χ1) is 31.6. The molecule has 0 aliphatic carbocycles. The molecule has 0 spiro atoms. The van der Waals surface area contributed by atoms with Gasteiger partial charge in [0.15, 0.2) is 20.7 Å². The molecule has 332 valence electrons. The second kappa shape index (κ2) is 33.7. The van der Waals surface area contributed by atoms with Gasteiger partial charge in [0.2, 0.25) is 0 Å². The molecule has 1 amide bonds. The minimum atomic E-state index is -0.881. The molecule has 0 aliphatic heterocycles. The number of hydrogen-bond acceptors (Lipinski definition) is 27. The normalized spacial score (nSPS) is 9.29. The molecule has 0 radical (unpaired) electrons. The first kappa shape index (κ1) is 57.4. The van der Waals surface area contributed by atoms with Crippen molar-refractivity contribution in [3.63, 3.8) is 0 Å². The zero-order valence-electron chi connectivity index (χ0n) is 33.4. The van der Waals surface area contributed by atoms with Gasteiger partial charge < -0.3 is 28.7 Å². The maximum atomic E-state index is 11.4. The molecule has 0 aliphatic rings. The first-order valence-electron chi connectivity index (χ1n) is 16.9. The first-order valence-corrected chi connectivity index (χ1v) is 21.5. The van der Waals surface area contributed by atoms with E-state index in [-0.39, 0.29) is 68.5 Å². The van der Waals surface area contributed by atoms with Crippen LogP contribution in [-0.2, 0) is 23.1 Å². The Hall–Kier alpha value is -4.76. The van der Waals surface area contributed by atoms with E-state index < -0.39 is 17.8 Å². The number of thiocarbonyl (C=S) groups is 2. The zero-order chi connectivity index (χ0) is 47.2. The molecule has 8 aromatic rings. The SMILES string of the molecule is Clc1cccc(Cl)c1CSc1nnc(-c2cnccn2)s1.NN.NNC(=O)c1cnccn1.O=C(OC(=O)c1cnccn1)c1cnccn1.S=C=S.[K+].[S-]c1nnc(-c2cnccn2)s1. The number of nitrogens with one attached hydrogen (secondary N) is 1. The predicted octanol–water partition coefficient (Wildman–Crippen LogP) is 1.68. The maximum Gasteiger partial charge on any atom is 1.00 e. The van der Waals surface area contributed by atoms with E-state index in [2.05, 4.69) is 111 Å². The van der Waals surface area contributed by atoms with Crippen molar-refractivity contribution in [1.82, 2.24) is 75.7 Å². The summed E-state index contributed by atoms with van der Waals surface area (Å²) in [4.78, 5) is 71.9. The molecule has 66 heavy (non-hydrogen) atoms. The van der Waals surface area contributed by atoms with Gasteiger partial charge in [-0.1, -0.05) is 52.4 Å². The van der Waals surface area contributed by atoms with Crippen molar-refractivity contribution in [3.8, 4) is 21.4 Å². The summed E-state index contributed by atoms with van der Waals surface area (Å²) in [6.45, 7) is 0. The van der Waals surface area contributed by atoms with E-state index in [1.165, 1.54) is 78.4 Å². The number of nitrogen functional groups attached to an aromatic ring is 1. The van der Waals surface area contributed by atoms with Crippen molar-refractivity contribution in [2.45, 2.75) is 14.4 Å². The molecule has 0 unspecified atom stereocenters. The number of rotatable bonds is 8. The number of amides is 1. The van der Waals surface area contributed by atoms with Crippen LogP contribution in [-0.4, -0.2) is 92.4 Å². The molecule has 1 aromatic carbocycles. The number of ether oxygens (including phenoxy) is 1. The third-order valence-corrected chi connectivity index (χ3v) is 10.3. The Kier molecular flexibility index (Phi) is 29.3. The van der Waals surface area contributed by atoms with Gasteiger partial charge in [-0.25, -0.2) is 30.4 Å². The summed E-state index contributed by atoms with van der Waals surface area (Å²) in [5.41, 5.74) is 4.39. The summed E-state index contributed by atoms with van der Waals surface area (Å²) in [5, 5.41) is 18.6. The third kappa shape index (κ3) is 20.8. The number of carbonyl (C=O) groups is 3. The number of hydrogen-bond donors (Lipinski definition) is 4. The molecule has 8 rings (SSSR count). The fourth-order valence-electron chi connectivity index (χ4n) is 3.80. The second-order valence-electron chi connectivity index (χ2n) is 10.4. The molecule has 7 N–H and O–H groups in total. The standard InChI is InChI=1S/C13H8Cl2N4S2.C10H6N4O3.C6H4N4S2.C5H6N4O.CS2.K.H4N2/c14-9-2-1-3-10(15)8(9)7-20-13-19-18-12(21-13)11-6-16-4-5-17-11;15-9(7-5-11-1-3-13-7)17-10(16)8-6-12-2-4-14-8;11-6-10-9-5(12-6)4-3-7-1-2-8-4;6-9-5(10)4-3-7-1-2-8-4;2-1-3;;1-2/h1-6H,7H2;1-6H;1-3H,(H,10,11);1-3H,6H2,(H,9,10);;;1-2H2/q;;;;;+1;/p-1. The van der Waals surface area contributed by atoms with E-state index in [0.717, 1.165) is 20.6 Å². The smallest absolute Gasteiger partial charge is 0.406 e. The molecule has 0 saturated carbocycles. The number of hydrazine groups is 2. The van der Waals surface area contributed by atoms with Crippen LogP contribution in [0, 0.1) is 0 Å². The van der Waals surface area contributed by atoms with Gasteiger partial charge in [0.1, 0.15) is 11.4 Å². The average molecular weight is 1070 g/mol. The minimum absolute atomic E-state index is 0. The van der Waals surface area contributed by atoms with Crippen molar-refractivity contribution in [3.05, 3.63) is 144 Å². The summed E-state index contributed by atoms with van der Waals surface area (Å²) in [6, 6.07) is 5.48. The van der Waals surface area contributed by atoms with Crippen molar-refractivity contribution >= 4 is 117 Å². The summed E-state index contributed by atoms with van der Waals surface area (Å²) >= 11 is 29.4. The van der Waals surface area contributed by atoms with Crippen LogP contribution in [0.3, 0.4) is 0 Å². The largest absolute Gasteiger partial charge is 1.00 e. The quantitative estimate of drug-likeness (QED) is 0.0194. The van der Waals surface area contributed by atoms with E-state index >= 15 is 0 Å². The Balaban J connectivity index is 0.000000300. The predicted molar refractivity (Wildman–Crippen MR) is 250 cm³/mol. The van der Waals surface area contributed by atoms with E-state index in [1.54, 1.807) is 48.9 Å². The van der Waals surface area contributed by atoms with Crippen LogP contribution in [0.1, 0.15) is 37.0 Å². The Morgan fingerprint density at radius 1 is 0.667 bits per heavy atom. The van der Waals surface area contributed by atoms with E-state index in [1.807, 2.05) is 27.9 Å². The number of thioether (sulfide) groups is 1. The maximum absolute atomic E-state index is 11.4. The van der Waals surface area contributed by atoms with Crippen LogP contribution in [0.15, 0.2) is 120 Å². The molecule has 7 heterocycles. The van der Waals surface area contributed by atoms with Gasteiger partial charge in [-0.05, 0) is 46.5 Å². The molecule has 0 saturated heterocycles. The van der Waals surface area contributed by atoms with Crippen LogP contribution >= 0.6 is 82.1 Å². The second-order valence-corrected chi connectivity index (χ2v) is 15.7. The Bertz CT molecular complexity index is 2620. The number of halogens is 2. The van der Waals surface area contributed by atoms with Gasteiger partial charge in [0.05, 0.1) is 41.7 Å². The van der Waals surface area contributed by atoms with Gasteiger partial charge in [0.25, 0.3) is 5.91 Å². The van der Waals surface area contributed by atoms with Gasteiger partial charge >= 0.3 is 63.3 Å². The van der Waals surface area contributed by atoms with Crippen molar-refractivity contribution in [2.24, 2.45) is 17.5 Å². The fraction of sp³-hybridized carbons (Fsp3) is 0.0286. The molecule has 0 fully saturated rings. The van der Waals surface area contributed by atoms with E-state index in [4.69, 9.17) is 41.7 Å². The molecule has 22 nitrogen and oxygen atoms in total. The summed E-state index contributed by atoms with van der Waals surface area (Å²) in [6.07, 6.45) is 21.9. The van der Waals surface area contributed by atoms with Gasteiger partial charge in [0, 0.05) is 82.1 Å². The van der Waals surface area contributed by atoms with Crippen LogP contribution < -0.4 is 74.3 Å². The summed E-state index contributed by atoms with van der Waals surface area (Å²) in [5.74, 6) is 11.3. The molecule has 31 heteroatoms. The number of benzene rings is 1. The van der Waals surface area contributed by atoms with E-state index in [9.17, 15) is 14.4 Å². The molecular formula is C35H27Cl2KN18O4S6. The Morgan fingerprint density at radius 3 is 1.48 bits per heavy atom. The number of esters is 2. The zero-order valence-corrected chi connectivity index (χ0v) is 43.0. The number of nitrogens with two attached hydrogens (primary N) is 3. The third-order valence-electron chi connectivity index (χ3n) is 6.44. The van der Waals surface area contributed by atoms with Crippen molar-refractivity contribution in [1.29, 1.82) is 0 Å². The monoisotopic (exact) mass is 1060 g/mol. The Labute approximate surface area is 455 Å². The molecule has 0 bridgehead atoms. The van der Waals surface area contributed by atoms with Crippen LogP contribution in [0.4, 0.5) is 0 Å². The number of aromatic nitrogens is 14. The van der Waals surface area contributed by atoms with E-state index in [0.29, 0.717) is 30.8 Å². The van der Waals surface area contributed by atoms with Crippen LogP contribution in [0.5, 0.6) is 0 Å². The van der Waals surface area contributed by atoms with Crippen molar-refractivity contribution < 1.29 is 70.5 Å². The molecule has 0 atom stereocenters. The number of carbonyl (C=O) groups excluding carboxylic acids is 3. The number of nitrogens with zero attached hydrogens (tertiary/aromatic N) is 14. The van der Waals surface area contributed by atoms with Crippen LogP contribution in [0.25, 0.3) is 21.4 Å². The van der Waals surface area contributed by atoms with Gasteiger partial charge in [-0.3, -0.25) is 56.8 Å². The summed E-state index contributed by atoms with van der Waals surface area (Å²) < 4.78 is 7.82. The average Bonchev–Trinajstić information content (AvgIpc) is 4.03. The summed E-state index contributed by atoms with van der Waals surface area (Å²) in [7, 11) is 0. The molecular weight excluding hydrogens is 1040 g/mol. The van der Waals surface area contributed by atoms with Crippen molar-refractivity contribution in [2.75, 3.05) is 0 Å². The van der Waals surface area contributed by atoms with Gasteiger partial charge in [-0.2, -0.15) is 10.2 Å².